The summed E-state index contributed by atoms with van der Waals surface area (Å²) in [5, 5.41) is -0.152. The molecule has 8 heteroatoms. The van der Waals surface area contributed by atoms with Gasteiger partial charge in [0.2, 0.25) is 0 Å². The van der Waals surface area contributed by atoms with Crippen LogP contribution in [0.2, 0.25) is 0 Å². The zero-order chi connectivity index (χ0) is 19.5. The standard InChI is InChI=1S/C19H29IN3O3P/c1-19(2,3)27(22-8-12-25-13-9-22,23-10-14-26-15-11-23)21-18(24)16-4-6-17(20)7-5-16/h4-7H,8-15H2,1-3H3. The fourth-order valence-electron chi connectivity index (χ4n) is 3.75. The number of hydrogen-bond donors (Lipinski definition) is 0. The zero-order valence-corrected chi connectivity index (χ0v) is 19.4. The summed E-state index contributed by atoms with van der Waals surface area (Å²) in [6.45, 7) is 12.7. The lowest BCUT2D eigenvalue weighted by Gasteiger charge is -2.52. The first kappa shape index (κ1) is 21.4. The highest BCUT2D eigenvalue weighted by Gasteiger charge is 2.46. The van der Waals surface area contributed by atoms with Gasteiger partial charge in [-0.05, 0) is 46.9 Å². The largest absolute Gasteiger partial charge is 0.379 e. The maximum atomic E-state index is 13.2. The first-order valence-electron chi connectivity index (χ1n) is 9.43. The number of amides is 1. The second kappa shape index (κ2) is 9.01. The lowest BCUT2D eigenvalue weighted by molar-refractivity contribution is 0.0546. The lowest BCUT2D eigenvalue weighted by Crippen LogP contribution is -2.48. The third kappa shape index (κ3) is 4.65. The third-order valence-electron chi connectivity index (χ3n) is 4.99. The minimum absolute atomic E-state index is 0.118. The van der Waals surface area contributed by atoms with Gasteiger partial charge in [-0.15, -0.1) is 0 Å². The summed E-state index contributed by atoms with van der Waals surface area (Å²) in [6.07, 6.45) is 0. The van der Waals surface area contributed by atoms with Gasteiger partial charge in [-0.25, -0.2) is 0 Å². The Morgan fingerprint density at radius 3 is 1.81 bits per heavy atom. The van der Waals surface area contributed by atoms with E-state index in [1.165, 1.54) is 0 Å². The monoisotopic (exact) mass is 505 g/mol. The maximum absolute atomic E-state index is 13.2. The van der Waals surface area contributed by atoms with Crippen molar-refractivity contribution in [3.63, 3.8) is 0 Å². The molecular weight excluding hydrogens is 476 g/mol. The van der Waals surface area contributed by atoms with Crippen LogP contribution in [0.1, 0.15) is 31.1 Å². The molecule has 2 heterocycles. The topological polar surface area (TPSA) is 54.4 Å². The molecule has 3 rings (SSSR count). The van der Waals surface area contributed by atoms with Gasteiger partial charge < -0.3 is 9.47 Å². The van der Waals surface area contributed by atoms with Crippen molar-refractivity contribution in [1.82, 2.24) is 9.34 Å². The van der Waals surface area contributed by atoms with E-state index in [0.717, 1.165) is 29.7 Å². The molecule has 2 aliphatic heterocycles. The molecule has 0 atom stereocenters. The van der Waals surface area contributed by atoms with Crippen LogP contribution in [0.4, 0.5) is 0 Å². The Bertz CT molecular complexity index is 684. The van der Waals surface area contributed by atoms with Crippen LogP contribution in [0.3, 0.4) is 0 Å². The van der Waals surface area contributed by atoms with Crippen molar-refractivity contribution >= 4 is 35.9 Å². The number of nitrogens with zero attached hydrogens (tertiary/aromatic N) is 3. The van der Waals surface area contributed by atoms with Gasteiger partial charge in [0.25, 0.3) is 5.91 Å². The number of morpholine rings is 2. The Kier molecular flexibility index (Phi) is 7.14. The first-order valence-corrected chi connectivity index (χ1v) is 12.2. The van der Waals surface area contributed by atoms with Crippen LogP contribution in [-0.4, -0.2) is 73.0 Å². The summed E-state index contributed by atoms with van der Waals surface area (Å²) in [7, 11) is -2.28. The molecule has 2 fully saturated rings. The average molecular weight is 505 g/mol. The molecule has 0 saturated carbocycles. The Balaban J connectivity index is 2.11. The number of carbonyl (C=O) groups excluding carboxylic acids is 1. The number of halogens is 1. The fourth-order valence-corrected chi connectivity index (χ4v) is 8.52. The average Bonchev–Trinajstić information content (AvgIpc) is 2.67. The van der Waals surface area contributed by atoms with Gasteiger partial charge in [-0.2, -0.15) is 4.74 Å². The van der Waals surface area contributed by atoms with Crippen LogP contribution in [0, 0.1) is 3.57 Å². The van der Waals surface area contributed by atoms with E-state index < -0.39 is 7.36 Å². The minimum Gasteiger partial charge on any atom is -0.379 e. The van der Waals surface area contributed by atoms with Crippen molar-refractivity contribution in [1.29, 1.82) is 0 Å². The number of ether oxygens (including phenoxy) is 2. The minimum atomic E-state index is -2.28. The van der Waals surface area contributed by atoms with Crippen LogP contribution in [0.25, 0.3) is 0 Å². The Hall–Kier alpha value is -0.310. The first-order chi connectivity index (χ1) is 12.8. The predicted molar refractivity (Wildman–Crippen MR) is 117 cm³/mol. The van der Waals surface area contributed by atoms with Crippen molar-refractivity contribution in [3.05, 3.63) is 33.4 Å². The van der Waals surface area contributed by atoms with E-state index in [4.69, 9.17) is 14.2 Å². The molecule has 0 radical (unpaired) electrons. The number of hydrogen-bond acceptors (Lipinski definition) is 3. The van der Waals surface area contributed by atoms with E-state index >= 15 is 0 Å². The molecule has 1 amide bonds. The molecule has 6 nitrogen and oxygen atoms in total. The Morgan fingerprint density at radius 2 is 1.41 bits per heavy atom. The van der Waals surface area contributed by atoms with Gasteiger partial charge in [-0.3, -0.25) is 14.1 Å². The van der Waals surface area contributed by atoms with Crippen LogP contribution in [-0.2, 0) is 9.47 Å². The molecule has 27 heavy (non-hydrogen) atoms. The molecular formula is C19H29IN3O3P. The normalized spacial score (nSPS) is 20.4. The molecule has 0 unspecified atom stereocenters. The summed E-state index contributed by atoms with van der Waals surface area (Å²) in [6, 6.07) is 7.68. The summed E-state index contributed by atoms with van der Waals surface area (Å²) >= 11 is 2.25. The Labute approximate surface area is 175 Å². The van der Waals surface area contributed by atoms with E-state index in [0.29, 0.717) is 32.0 Å². The molecule has 0 aliphatic carbocycles. The zero-order valence-electron chi connectivity index (χ0n) is 16.4. The highest BCUT2D eigenvalue weighted by Crippen LogP contribution is 2.66. The van der Waals surface area contributed by atoms with Gasteiger partial charge in [-0.1, -0.05) is 20.8 Å². The smallest absolute Gasteiger partial charge is 0.278 e. The SMILES string of the molecule is CC(C)(C)P(=NC(=O)c1ccc(I)cc1)(N1CCOCC1)N1CCOCC1. The maximum Gasteiger partial charge on any atom is 0.278 e. The molecule has 0 bridgehead atoms. The van der Waals surface area contributed by atoms with E-state index in [-0.39, 0.29) is 11.1 Å². The summed E-state index contributed by atoms with van der Waals surface area (Å²) in [4.78, 5) is 13.2. The Morgan fingerprint density at radius 1 is 0.963 bits per heavy atom. The fraction of sp³-hybridized carbons (Fsp3) is 0.632. The summed E-state index contributed by atoms with van der Waals surface area (Å²) < 4.78 is 22.2. The van der Waals surface area contributed by atoms with Crippen molar-refractivity contribution in [2.24, 2.45) is 4.74 Å². The second-order valence-electron chi connectivity index (χ2n) is 7.78. The predicted octanol–water partition coefficient (Wildman–Crippen LogP) is 3.93. The number of carbonyl (C=O) groups is 1. The van der Waals surface area contributed by atoms with Crippen LogP contribution >= 0.6 is 29.9 Å². The van der Waals surface area contributed by atoms with E-state index in [1.54, 1.807) is 0 Å². The summed E-state index contributed by atoms with van der Waals surface area (Å²) in [5.74, 6) is -0.118. The number of benzene rings is 1. The molecule has 1 aromatic rings. The molecule has 0 N–H and O–H groups in total. The van der Waals surface area contributed by atoms with Crippen molar-refractivity contribution in [3.8, 4) is 0 Å². The molecule has 0 spiro atoms. The van der Waals surface area contributed by atoms with E-state index in [1.807, 2.05) is 24.3 Å². The highest BCUT2D eigenvalue weighted by molar-refractivity contribution is 14.1. The molecule has 0 aromatic heterocycles. The third-order valence-corrected chi connectivity index (χ3v) is 10.3. The van der Waals surface area contributed by atoms with Gasteiger partial charge in [0.15, 0.2) is 0 Å². The molecule has 2 aliphatic rings. The van der Waals surface area contributed by atoms with Gasteiger partial charge in [0.05, 0.1) is 26.4 Å². The van der Waals surface area contributed by atoms with Crippen molar-refractivity contribution in [2.75, 3.05) is 52.6 Å². The van der Waals surface area contributed by atoms with Crippen molar-refractivity contribution < 1.29 is 14.3 Å². The van der Waals surface area contributed by atoms with Crippen LogP contribution in [0.5, 0.6) is 0 Å². The lowest BCUT2D eigenvalue weighted by atomic mass is 10.2. The molecule has 1 aromatic carbocycles. The van der Waals surface area contributed by atoms with E-state index in [2.05, 4.69) is 52.7 Å². The van der Waals surface area contributed by atoms with Gasteiger partial charge in [0.1, 0.15) is 7.36 Å². The quantitative estimate of drug-likeness (QED) is 0.461. The van der Waals surface area contributed by atoms with E-state index in [9.17, 15) is 4.79 Å². The highest BCUT2D eigenvalue weighted by atomic mass is 127. The second-order valence-corrected chi connectivity index (χ2v) is 12.8. The molecule has 150 valence electrons. The molecule has 2 saturated heterocycles. The summed E-state index contributed by atoms with van der Waals surface area (Å²) in [5.41, 5.74) is 0.658. The van der Waals surface area contributed by atoms with Gasteiger partial charge >= 0.3 is 0 Å². The van der Waals surface area contributed by atoms with Crippen LogP contribution < -0.4 is 0 Å². The van der Waals surface area contributed by atoms with Crippen LogP contribution in [0.15, 0.2) is 29.0 Å². The van der Waals surface area contributed by atoms with Crippen molar-refractivity contribution in [2.45, 2.75) is 25.9 Å². The van der Waals surface area contributed by atoms with Gasteiger partial charge in [0, 0.05) is 40.5 Å². The number of rotatable bonds is 3.